The van der Waals surface area contributed by atoms with Crippen LogP contribution >= 0.6 is 11.8 Å². The Labute approximate surface area is 116 Å². The number of fused-ring (bicyclic) bond motifs is 1. The molecule has 0 aromatic carbocycles. The van der Waals surface area contributed by atoms with Gasteiger partial charge in [-0.3, -0.25) is 4.79 Å². The molecule has 0 saturated heterocycles. The van der Waals surface area contributed by atoms with Crippen molar-refractivity contribution in [2.75, 3.05) is 5.75 Å². The number of hydrogen-bond acceptors (Lipinski definition) is 4. The van der Waals surface area contributed by atoms with Crippen molar-refractivity contribution in [3.8, 4) is 0 Å². The second-order valence-corrected chi connectivity index (χ2v) is 5.82. The van der Waals surface area contributed by atoms with Crippen LogP contribution in [0, 0.1) is 12.8 Å². The smallest absolute Gasteiger partial charge is 0.313 e. The van der Waals surface area contributed by atoms with Gasteiger partial charge < -0.3 is 9.67 Å². The molecule has 0 aliphatic heterocycles. The summed E-state index contributed by atoms with van der Waals surface area (Å²) < 4.78 is 2.01. The second-order valence-electron chi connectivity index (χ2n) is 4.88. The first kappa shape index (κ1) is 13.9. The van der Waals surface area contributed by atoms with Crippen LogP contribution in [-0.2, 0) is 11.3 Å². The average Bonchev–Trinajstić information content (AvgIpc) is 2.66. The lowest BCUT2D eigenvalue weighted by Crippen LogP contribution is -2.08. The van der Waals surface area contributed by atoms with E-state index in [0.29, 0.717) is 5.92 Å². The summed E-state index contributed by atoms with van der Waals surface area (Å²) in [6.45, 7) is 7.01. The predicted octanol–water partition coefficient (Wildman–Crippen LogP) is 2.57. The number of aliphatic carboxylic acids is 1. The van der Waals surface area contributed by atoms with Crippen LogP contribution in [0.15, 0.2) is 17.4 Å². The van der Waals surface area contributed by atoms with E-state index in [1.54, 1.807) is 6.20 Å². The number of carbonyl (C=O) groups is 1. The molecule has 2 aromatic heterocycles. The largest absolute Gasteiger partial charge is 0.481 e. The number of carboxylic acids is 1. The zero-order chi connectivity index (χ0) is 14.0. The van der Waals surface area contributed by atoms with Gasteiger partial charge in [0.1, 0.15) is 5.52 Å². The third-order valence-electron chi connectivity index (χ3n) is 2.67. The fraction of sp³-hybridized carbons (Fsp3) is 0.462. The number of aromatic nitrogens is 3. The third kappa shape index (κ3) is 3.07. The normalized spacial score (nSPS) is 11.4. The van der Waals surface area contributed by atoms with E-state index < -0.39 is 5.97 Å². The van der Waals surface area contributed by atoms with Gasteiger partial charge in [0.15, 0.2) is 10.8 Å². The molecule has 2 aromatic rings. The van der Waals surface area contributed by atoms with E-state index in [1.165, 1.54) is 11.8 Å². The first-order valence-corrected chi connectivity index (χ1v) is 7.14. The third-order valence-corrected chi connectivity index (χ3v) is 3.63. The van der Waals surface area contributed by atoms with E-state index in [0.717, 1.165) is 28.4 Å². The summed E-state index contributed by atoms with van der Waals surface area (Å²) in [5.74, 6) is -0.373. The van der Waals surface area contributed by atoms with E-state index in [9.17, 15) is 4.79 Å². The summed E-state index contributed by atoms with van der Waals surface area (Å²) in [4.78, 5) is 19.6. The maximum Gasteiger partial charge on any atom is 0.313 e. The maximum atomic E-state index is 10.7. The van der Waals surface area contributed by atoms with Crippen molar-refractivity contribution >= 4 is 28.9 Å². The van der Waals surface area contributed by atoms with Crippen molar-refractivity contribution in [2.45, 2.75) is 32.5 Å². The summed E-state index contributed by atoms with van der Waals surface area (Å²) in [5.41, 5.74) is 2.75. The van der Waals surface area contributed by atoms with Crippen LogP contribution in [0.1, 0.15) is 19.4 Å². The number of aryl methyl sites for hydroxylation is 1. The average molecular weight is 279 g/mol. The molecule has 1 N–H and O–H groups in total. The number of imidazole rings is 1. The Bertz CT molecular complexity index is 607. The van der Waals surface area contributed by atoms with Gasteiger partial charge in [0, 0.05) is 12.7 Å². The number of pyridine rings is 1. The van der Waals surface area contributed by atoms with Gasteiger partial charge in [-0.2, -0.15) is 0 Å². The van der Waals surface area contributed by atoms with E-state index in [2.05, 4.69) is 23.8 Å². The summed E-state index contributed by atoms with van der Waals surface area (Å²) in [7, 11) is 0. The van der Waals surface area contributed by atoms with E-state index in [4.69, 9.17) is 5.11 Å². The molecule has 0 unspecified atom stereocenters. The van der Waals surface area contributed by atoms with Crippen molar-refractivity contribution in [3.63, 3.8) is 0 Å². The van der Waals surface area contributed by atoms with Crippen molar-refractivity contribution in [3.05, 3.63) is 17.8 Å². The topological polar surface area (TPSA) is 68.0 Å². The highest BCUT2D eigenvalue weighted by Gasteiger charge is 2.15. The molecule has 0 atom stereocenters. The van der Waals surface area contributed by atoms with Gasteiger partial charge in [-0.05, 0) is 24.5 Å². The molecule has 0 fully saturated rings. The molecule has 0 radical (unpaired) electrons. The van der Waals surface area contributed by atoms with Crippen LogP contribution in [0.25, 0.3) is 11.2 Å². The Morgan fingerprint density at radius 1 is 1.53 bits per heavy atom. The molecule has 0 aliphatic carbocycles. The van der Waals surface area contributed by atoms with Gasteiger partial charge in [-0.25, -0.2) is 9.97 Å². The van der Waals surface area contributed by atoms with Crippen molar-refractivity contribution in [2.24, 2.45) is 5.92 Å². The summed E-state index contributed by atoms with van der Waals surface area (Å²) in [5, 5.41) is 9.53. The lowest BCUT2D eigenvalue weighted by molar-refractivity contribution is -0.133. The molecule has 2 rings (SSSR count). The number of rotatable bonds is 5. The van der Waals surface area contributed by atoms with Gasteiger partial charge >= 0.3 is 5.97 Å². The first-order valence-electron chi connectivity index (χ1n) is 6.15. The van der Waals surface area contributed by atoms with Crippen molar-refractivity contribution in [1.29, 1.82) is 0 Å². The Morgan fingerprint density at radius 3 is 2.89 bits per heavy atom. The molecule has 0 spiro atoms. The molecular formula is C13H17N3O2S. The minimum Gasteiger partial charge on any atom is -0.481 e. The molecular weight excluding hydrogens is 262 g/mol. The van der Waals surface area contributed by atoms with Gasteiger partial charge in [-0.15, -0.1) is 0 Å². The Morgan fingerprint density at radius 2 is 2.26 bits per heavy atom. The molecule has 102 valence electrons. The van der Waals surface area contributed by atoms with Crippen LogP contribution in [0.2, 0.25) is 0 Å². The lowest BCUT2D eigenvalue weighted by Gasteiger charge is -2.10. The second kappa shape index (κ2) is 5.61. The molecule has 2 heterocycles. The predicted molar refractivity (Wildman–Crippen MR) is 75.5 cm³/mol. The maximum absolute atomic E-state index is 10.7. The number of nitrogens with zero attached hydrogens (tertiary/aromatic N) is 3. The molecule has 5 nitrogen and oxygen atoms in total. The van der Waals surface area contributed by atoms with Gasteiger partial charge in [0.05, 0.1) is 5.75 Å². The highest BCUT2D eigenvalue weighted by molar-refractivity contribution is 7.99. The van der Waals surface area contributed by atoms with Gasteiger partial charge in [0.25, 0.3) is 0 Å². The SMILES string of the molecule is Cc1ccnc2c1nc(SCC(=O)O)n2CC(C)C. The van der Waals surface area contributed by atoms with E-state index in [1.807, 2.05) is 17.6 Å². The van der Waals surface area contributed by atoms with Gasteiger partial charge in [-0.1, -0.05) is 25.6 Å². The standard InChI is InChI=1S/C13H17N3O2S/c1-8(2)6-16-12-11(9(3)4-5-14-12)15-13(16)19-7-10(17)18/h4-5,8H,6-7H2,1-3H3,(H,17,18). The fourth-order valence-corrected chi connectivity index (χ4v) is 2.61. The molecule has 0 aliphatic rings. The molecule has 0 amide bonds. The van der Waals surface area contributed by atoms with Crippen LogP contribution < -0.4 is 0 Å². The van der Waals surface area contributed by atoms with Crippen LogP contribution in [0.5, 0.6) is 0 Å². The van der Waals surface area contributed by atoms with Crippen LogP contribution in [0.4, 0.5) is 0 Å². The monoisotopic (exact) mass is 279 g/mol. The minimum atomic E-state index is -0.835. The zero-order valence-corrected chi connectivity index (χ0v) is 12.1. The highest BCUT2D eigenvalue weighted by Crippen LogP contribution is 2.25. The Balaban J connectivity index is 2.47. The van der Waals surface area contributed by atoms with Crippen LogP contribution in [0.3, 0.4) is 0 Å². The zero-order valence-electron chi connectivity index (χ0n) is 11.3. The summed E-state index contributed by atoms with van der Waals surface area (Å²) in [6.07, 6.45) is 1.77. The van der Waals surface area contributed by atoms with Crippen LogP contribution in [-0.4, -0.2) is 31.4 Å². The van der Waals surface area contributed by atoms with E-state index in [-0.39, 0.29) is 5.75 Å². The highest BCUT2D eigenvalue weighted by atomic mass is 32.2. The van der Waals surface area contributed by atoms with E-state index >= 15 is 0 Å². The molecule has 6 heteroatoms. The summed E-state index contributed by atoms with van der Waals surface area (Å²) >= 11 is 1.24. The molecule has 0 saturated carbocycles. The Hall–Kier alpha value is -1.56. The number of thioether (sulfide) groups is 1. The molecule has 19 heavy (non-hydrogen) atoms. The quantitative estimate of drug-likeness (QED) is 0.852. The van der Waals surface area contributed by atoms with Crippen molar-refractivity contribution in [1.82, 2.24) is 14.5 Å². The molecule has 0 bridgehead atoms. The van der Waals surface area contributed by atoms with Crippen molar-refractivity contribution < 1.29 is 9.90 Å². The summed E-state index contributed by atoms with van der Waals surface area (Å²) in [6, 6.07) is 1.92. The lowest BCUT2D eigenvalue weighted by atomic mass is 10.2. The van der Waals surface area contributed by atoms with Gasteiger partial charge in [0.2, 0.25) is 0 Å². The fourth-order valence-electron chi connectivity index (χ4n) is 1.88. The number of hydrogen-bond donors (Lipinski definition) is 1. The Kier molecular flexibility index (Phi) is 4.09. The first-order chi connectivity index (χ1) is 8.99. The minimum absolute atomic E-state index is 0.0143. The number of carboxylic acid groups (broad SMARTS) is 1.